The number of nitrogens with zero attached hydrogens (tertiary/aromatic N) is 2. The average Bonchev–Trinajstić information content (AvgIpc) is 3.17. The van der Waals surface area contributed by atoms with Gasteiger partial charge in [0.25, 0.3) is 0 Å². The van der Waals surface area contributed by atoms with Crippen LogP contribution in [0.1, 0.15) is 5.56 Å². The van der Waals surface area contributed by atoms with Gasteiger partial charge in [0.1, 0.15) is 5.82 Å². The molecule has 2 aromatic heterocycles. The molecule has 4 nitrogen and oxygen atoms in total. The Hall–Kier alpha value is -3.61. The number of aromatic amines is 1. The van der Waals surface area contributed by atoms with Crippen LogP contribution in [0.3, 0.4) is 0 Å². The molecule has 0 aliphatic rings. The summed E-state index contributed by atoms with van der Waals surface area (Å²) < 4.78 is 38.3. The van der Waals surface area contributed by atoms with E-state index in [-0.39, 0.29) is 0 Å². The Morgan fingerprint density at radius 1 is 0.821 bits per heavy atom. The van der Waals surface area contributed by atoms with Crippen molar-refractivity contribution in [2.45, 2.75) is 6.18 Å². The molecule has 0 spiro atoms. The molecule has 7 heteroatoms. The second-order valence-electron chi connectivity index (χ2n) is 6.28. The van der Waals surface area contributed by atoms with Gasteiger partial charge in [-0.2, -0.15) is 18.3 Å². The second kappa shape index (κ2) is 6.84. The lowest BCUT2D eigenvalue weighted by molar-refractivity contribution is -0.137. The van der Waals surface area contributed by atoms with E-state index >= 15 is 0 Å². The Bertz CT molecular complexity index is 1110. The number of anilines is 1. The van der Waals surface area contributed by atoms with Gasteiger partial charge < -0.3 is 5.73 Å². The van der Waals surface area contributed by atoms with Gasteiger partial charge in [0.2, 0.25) is 0 Å². The molecule has 0 amide bonds. The van der Waals surface area contributed by atoms with Gasteiger partial charge in [0, 0.05) is 17.3 Å². The van der Waals surface area contributed by atoms with Crippen molar-refractivity contribution >= 4 is 5.82 Å². The van der Waals surface area contributed by atoms with Crippen molar-refractivity contribution in [1.82, 2.24) is 15.2 Å². The van der Waals surface area contributed by atoms with Gasteiger partial charge in [-0.3, -0.25) is 5.10 Å². The molecule has 0 atom stereocenters. The Kier molecular flexibility index (Phi) is 4.35. The molecule has 28 heavy (non-hydrogen) atoms. The number of nitrogens with one attached hydrogen (secondary N) is 1. The van der Waals surface area contributed by atoms with Gasteiger partial charge in [-0.1, -0.05) is 30.3 Å². The van der Waals surface area contributed by atoms with E-state index in [0.29, 0.717) is 11.4 Å². The summed E-state index contributed by atoms with van der Waals surface area (Å²) in [6, 6.07) is 16.2. The van der Waals surface area contributed by atoms with Crippen molar-refractivity contribution in [3.8, 4) is 33.5 Å². The molecule has 3 N–H and O–H groups in total. The smallest absolute Gasteiger partial charge is 0.384 e. The summed E-state index contributed by atoms with van der Waals surface area (Å²) in [4.78, 5) is 4.00. The number of hydrogen-bond donors (Lipinski definition) is 2. The number of pyridine rings is 1. The zero-order valence-electron chi connectivity index (χ0n) is 14.5. The fourth-order valence-corrected chi connectivity index (χ4v) is 3.05. The monoisotopic (exact) mass is 380 g/mol. The van der Waals surface area contributed by atoms with E-state index in [1.807, 2.05) is 30.3 Å². The van der Waals surface area contributed by atoms with Crippen LogP contribution in [0.5, 0.6) is 0 Å². The minimum Gasteiger partial charge on any atom is -0.384 e. The third kappa shape index (κ3) is 3.46. The van der Waals surface area contributed by atoms with Crippen LogP contribution >= 0.6 is 0 Å². The first-order valence-corrected chi connectivity index (χ1v) is 8.45. The molecular formula is C21H15F3N4. The van der Waals surface area contributed by atoms with E-state index in [9.17, 15) is 13.2 Å². The van der Waals surface area contributed by atoms with Gasteiger partial charge in [-0.15, -0.1) is 0 Å². The molecular weight excluding hydrogens is 365 g/mol. The predicted molar refractivity (Wildman–Crippen MR) is 102 cm³/mol. The first-order chi connectivity index (χ1) is 13.4. The van der Waals surface area contributed by atoms with E-state index in [0.717, 1.165) is 40.1 Å². The van der Waals surface area contributed by atoms with Crippen LogP contribution in [-0.4, -0.2) is 15.2 Å². The maximum atomic E-state index is 12.8. The van der Waals surface area contributed by atoms with Gasteiger partial charge in [-0.25, -0.2) is 4.98 Å². The molecule has 0 aliphatic heterocycles. The summed E-state index contributed by atoms with van der Waals surface area (Å²) in [6.45, 7) is 0. The van der Waals surface area contributed by atoms with Gasteiger partial charge >= 0.3 is 6.18 Å². The SMILES string of the molecule is Nc1cc(-c2cn[nH]c2-c2cccc(-c3ccc(C(F)(F)F)cc3)c2)ccn1. The number of nitrogens with two attached hydrogens (primary N) is 1. The van der Waals surface area contributed by atoms with Crippen LogP contribution in [0.25, 0.3) is 33.5 Å². The predicted octanol–water partition coefficient (Wildman–Crippen LogP) is 5.41. The number of H-pyrrole nitrogens is 1. The maximum absolute atomic E-state index is 12.8. The molecule has 0 saturated carbocycles. The van der Waals surface area contributed by atoms with Crippen LogP contribution in [0, 0.1) is 0 Å². The fraction of sp³-hybridized carbons (Fsp3) is 0.0476. The lowest BCUT2D eigenvalue weighted by Crippen LogP contribution is -2.03. The van der Waals surface area contributed by atoms with E-state index < -0.39 is 11.7 Å². The highest BCUT2D eigenvalue weighted by Crippen LogP contribution is 2.34. The molecule has 140 valence electrons. The van der Waals surface area contributed by atoms with Crippen LogP contribution in [-0.2, 0) is 6.18 Å². The number of hydrogen-bond acceptors (Lipinski definition) is 3. The number of aromatic nitrogens is 3. The molecule has 2 aromatic carbocycles. The highest BCUT2D eigenvalue weighted by molar-refractivity contribution is 5.83. The van der Waals surface area contributed by atoms with E-state index in [4.69, 9.17) is 5.73 Å². The minimum atomic E-state index is -4.35. The summed E-state index contributed by atoms with van der Waals surface area (Å²) in [6.07, 6.45) is -1.02. The normalized spacial score (nSPS) is 11.5. The van der Waals surface area contributed by atoms with E-state index in [1.54, 1.807) is 18.5 Å². The Morgan fingerprint density at radius 2 is 1.57 bits per heavy atom. The van der Waals surface area contributed by atoms with Crippen molar-refractivity contribution in [1.29, 1.82) is 0 Å². The molecule has 4 aromatic rings. The van der Waals surface area contributed by atoms with E-state index in [1.165, 1.54) is 12.1 Å². The molecule has 2 heterocycles. The van der Waals surface area contributed by atoms with E-state index in [2.05, 4.69) is 15.2 Å². The van der Waals surface area contributed by atoms with Crippen LogP contribution in [0.2, 0.25) is 0 Å². The van der Waals surface area contributed by atoms with Gasteiger partial charge in [-0.05, 0) is 47.0 Å². The summed E-state index contributed by atoms with van der Waals surface area (Å²) >= 11 is 0. The van der Waals surface area contributed by atoms with Crippen molar-refractivity contribution in [3.63, 3.8) is 0 Å². The highest BCUT2D eigenvalue weighted by atomic mass is 19.4. The van der Waals surface area contributed by atoms with Crippen molar-refractivity contribution < 1.29 is 13.2 Å². The number of rotatable bonds is 3. The molecule has 0 unspecified atom stereocenters. The molecule has 0 aliphatic carbocycles. The highest BCUT2D eigenvalue weighted by Gasteiger charge is 2.29. The van der Waals surface area contributed by atoms with Crippen molar-refractivity contribution in [2.24, 2.45) is 0 Å². The van der Waals surface area contributed by atoms with Crippen LogP contribution < -0.4 is 5.73 Å². The largest absolute Gasteiger partial charge is 0.416 e. The Labute approximate surface area is 158 Å². The van der Waals surface area contributed by atoms with Crippen LogP contribution in [0.15, 0.2) is 73.1 Å². The number of alkyl halides is 3. The quantitative estimate of drug-likeness (QED) is 0.500. The second-order valence-corrected chi connectivity index (χ2v) is 6.28. The topological polar surface area (TPSA) is 67.6 Å². The Balaban J connectivity index is 1.72. The van der Waals surface area contributed by atoms with Crippen LogP contribution in [0.4, 0.5) is 19.0 Å². The summed E-state index contributed by atoms with van der Waals surface area (Å²) in [5.74, 6) is 0.406. The summed E-state index contributed by atoms with van der Waals surface area (Å²) in [7, 11) is 0. The lowest BCUT2D eigenvalue weighted by atomic mass is 9.98. The minimum absolute atomic E-state index is 0.406. The number of benzene rings is 2. The third-order valence-corrected chi connectivity index (χ3v) is 4.43. The summed E-state index contributed by atoms with van der Waals surface area (Å²) in [5, 5.41) is 7.12. The molecule has 0 radical (unpaired) electrons. The number of nitrogen functional groups attached to an aromatic ring is 1. The average molecular weight is 380 g/mol. The van der Waals surface area contributed by atoms with Gasteiger partial charge in [0.05, 0.1) is 17.5 Å². The standard InChI is InChI=1S/C21H15F3N4/c22-21(23,24)17-6-4-13(5-7-17)14-2-1-3-16(10-14)20-18(12-27-28-20)15-8-9-26-19(25)11-15/h1-12H,(H2,25,26)(H,27,28). The molecule has 0 bridgehead atoms. The fourth-order valence-electron chi connectivity index (χ4n) is 3.05. The molecule has 0 fully saturated rings. The van der Waals surface area contributed by atoms with Crippen molar-refractivity contribution in [3.05, 3.63) is 78.6 Å². The Morgan fingerprint density at radius 3 is 2.29 bits per heavy atom. The lowest BCUT2D eigenvalue weighted by Gasteiger charge is -2.09. The number of halogens is 3. The first-order valence-electron chi connectivity index (χ1n) is 8.45. The third-order valence-electron chi connectivity index (χ3n) is 4.43. The first kappa shape index (κ1) is 17.8. The maximum Gasteiger partial charge on any atom is 0.416 e. The molecule has 0 saturated heterocycles. The zero-order chi connectivity index (χ0) is 19.7. The van der Waals surface area contributed by atoms with Gasteiger partial charge in [0.15, 0.2) is 0 Å². The zero-order valence-corrected chi connectivity index (χ0v) is 14.5. The molecule has 4 rings (SSSR count). The van der Waals surface area contributed by atoms with Crippen molar-refractivity contribution in [2.75, 3.05) is 5.73 Å². The summed E-state index contributed by atoms with van der Waals surface area (Å²) in [5.41, 5.74) is 9.99.